The first-order valence-electron chi connectivity index (χ1n) is 4.45. The van der Waals surface area contributed by atoms with Crippen LogP contribution in [-0.4, -0.2) is 24.4 Å². The highest BCUT2D eigenvalue weighted by Crippen LogP contribution is 2.42. The number of hydrogen-bond acceptors (Lipinski definition) is 2. The minimum atomic E-state index is -5.42. The molecule has 17 heavy (non-hydrogen) atoms. The standard InChI is InChI=1S/C9H10F6O2/c1-3-7(16)17-5(2)4-6(8(10,11)12)9(13,14)15/h3,5-6H,1,4H2,2H3. The van der Waals surface area contributed by atoms with Gasteiger partial charge in [-0.3, -0.25) is 0 Å². The van der Waals surface area contributed by atoms with Gasteiger partial charge in [0.05, 0.1) is 0 Å². The summed E-state index contributed by atoms with van der Waals surface area (Å²) in [5.74, 6) is -4.58. The van der Waals surface area contributed by atoms with Crippen LogP contribution >= 0.6 is 0 Å². The number of halogens is 6. The van der Waals surface area contributed by atoms with Crippen molar-refractivity contribution in [1.82, 2.24) is 0 Å². The Morgan fingerprint density at radius 1 is 1.24 bits per heavy atom. The maximum atomic E-state index is 12.1. The van der Waals surface area contributed by atoms with Crippen molar-refractivity contribution in [3.05, 3.63) is 12.7 Å². The molecule has 8 heteroatoms. The summed E-state index contributed by atoms with van der Waals surface area (Å²) in [5, 5.41) is 0. The highest BCUT2D eigenvalue weighted by molar-refractivity contribution is 5.81. The molecule has 0 N–H and O–H groups in total. The lowest BCUT2D eigenvalue weighted by atomic mass is 10.0. The molecule has 0 saturated heterocycles. The molecule has 0 aromatic carbocycles. The summed E-state index contributed by atoms with van der Waals surface area (Å²) in [5.41, 5.74) is 0. The molecule has 0 saturated carbocycles. The fraction of sp³-hybridized carbons (Fsp3) is 0.667. The van der Waals surface area contributed by atoms with Crippen molar-refractivity contribution in [1.29, 1.82) is 0 Å². The molecule has 0 radical (unpaired) electrons. The Morgan fingerprint density at radius 3 is 1.94 bits per heavy atom. The van der Waals surface area contributed by atoms with Gasteiger partial charge in [-0.05, 0) is 6.92 Å². The number of ether oxygens (including phenoxy) is 1. The van der Waals surface area contributed by atoms with E-state index in [0.717, 1.165) is 6.92 Å². The number of hydrogen-bond donors (Lipinski definition) is 0. The largest absolute Gasteiger partial charge is 0.460 e. The van der Waals surface area contributed by atoms with Crippen LogP contribution < -0.4 is 0 Å². The third-order valence-corrected chi connectivity index (χ3v) is 1.84. The molecule has 1 atom stereocenters. The van der Waals surface area contributed by atoms with Crippen molar-refractivity contribution in [3.8, 4) is 0 Å². The molecule has 0 heterocycles. The minimum Gasteiger partial charge on any atom is -0.460 e. The fourth-order valence-electron chi connectivity index (χ4n) is 1.08. The zero-order valence-corrected chi connectivity index (χ0v) is 8.73. The van der Waals surface area contributed by atoms with Gasteiger partial charge in [0.25, 0.3) is 0 Å². The molecule has 0 aliphatic rings. The first-order chi connectivity index (χ1) is 7.48. The van der Waals surface area contributed by atoms with E-state index in [4.69, 9.17) is 0 Å². The molecule has 2 nitrogen and oxygen atoms in total. The van der Waals surface area contributed by atoms with Crippen LogP contribution in [0.3, 0.4) is 0 Å². The van der Waals surface area contributed by atoms with Gasteiger partial charge in [-0.2, -0.15) is 26.3 Å². The van der Waals surface area contributed by atoms with Gasteiger partial charge in [0, 0.05) is 12.5 Å². The zero-order valence-electron chi connectivity index (χ0n) is 8.73. The monoisotopic (exact) mass is 264 g/mol. The summed E-state index contributed by atoms with van der Waals surface area (Å²) in [4.78, 5) is 10.6. The van der Waals surface area contributed by atoms with Crippen LogP contribution in [0, 0.1) is 5.92 Å². The molecule has 0 aliphatic carbocycles. The number of carbonyl (C=O) groups is 1. The van der Waals surface area contributed by atoms with Crippen molar-refractivity contribution in [2.75, 3.05) is 0 Å². The molecular weight excluding hydrogens is 254 g/mol. The SMILES string of the molecule is C=CC(=O)OC(C)CC(C(F)(F)F)C(F)(F)F. The van der Waals surface area contributed by atoms with Crippen LogP contribution in [0.5, 0.6) is 0 Å². The number of alkyl halides is 6. The van der Waals surface area contributed by atoms with Crippen LogP contribution in [-0.2, 0) is 9.53 Å². The van der Waals surface area contributed by atoms with Gasteiger partial charge in [-0.1, -0.05) is 6.58 Å². The van der Waals surface area contributed by atoms with Crippen LogP contribution in [0.2, 0.25) is 0 Å². The molecular formula is C9H10F6O2. The Labute approximate surface area is 93.2 Å². The highest BCUT2D eigenvalue weighted by atomic mass is 19.4. The molecule has 0 spiro atoms. The van der Waals surface area contributed by atoms with Crippen molar-refractivity contribution in [2.45, 2.75) is 31.8 Å². The maximum absolute atomic E-state index is 12.1. The fourth-order valence-corrected chi connectivity index (χ4v) is 1.08. The summed E-state index contributed by atoms with van der Waals surface area (Å²) in [7, 11) is 0. The van der Waals surface area contributed by atoms with E-state index in [1.165, 1.54) is 0 Å². The van der Waals surface area contributed by atoms with Gasteiger partial charge >= 0.3 is 18.3 Å². The maximum Gasteiger partial charge on any atom is 0.400 e. The Kier molecular flexibility index (Phi) is 5.03. The minimum absolute atomic E-state index is 0.659. The zero-order chi connectivity index (χ0) is 13.9. The van der Waals surface area contributed by atoms with Gasteiger partial charge < -0.3 is 4.74 Å². The van der Waals surface area contributed by atoms with Gasteiger partial charge in [0.15, 0.2) is 5.92 Å². The number of esters is 1. The smallest absolute Gasteiger partial charge is 0.400 e. The predicted molar refractivity (Wildman–Crippen MR) is 46.0 cm³/mol. The van der Waals surface area contributed by atoms with Crippen LogP contribution in [0.15, 0.2) is 12.7 Å². The van der Waals surface area contributed by atoms with Crippen LogP contribution in [0.25, 0.3) is 0 Å². The van der Waals surface area contributed by atoms with Gasteiger partial charge in [-0.15, -0.1) is 0 Å². The second kappa shape index (κ2) is 5.42. The summed E-state index contributed by atoms with van der Waals surface area (Å²) in [6.07, 6.45) is -13.1. The van der Waals surface area contributed by atoms with Gasteiger partial charge in [0.1, 0.15) is 6.10 Å². The molecule has 0 amide bonds. The first-order valence-corrected chi connectivity index (χ1v) is 4.45. The van der Waals surface area contributed by atoms with Gasteiger partial charge in [-0.25, -0.2) is 4.79 Å². The van der Waals surface area contributed by atoms with Crippen molar-refractivity contribution < 1.29 is 35.9 Å². The third kappa shape index (κ3) is 5.60. The first kappa shape index (κ1) is 15.8. The van der Waals surface area contributed by atoms with E-state index in [0.29, 0.717) is 6.08 Å². The van der Waals surface area contributed by atoms with Crippen LogP contribution in [0.4, 0.5) is 26.3 Å². The van der Waals surface area contributed by atoms with E-state index < -0.39 is 36.8 Å². The molecule has 0 rings (SSSR count). The van der Waals surface area contributed by atoms with Crippen molar-refractivity contribution in [3.63, 3.8) is 0 Å². The second-order valence-corrected chi connectivity index (χ2v) is 3.32. The third-order valence-electron chi connectivity index (χ3n) is 1.84. The van der Waals surface area contributed by atoms with E-state index >= 15 is 0 Å². The van der Waals surface area contributed by atoms with E-state index in [1.807, 2.05) is 0 Å². The molecule has 0 aromatic rings. The van der Waals surface area contributed by atoms with Crippen molar-refractivity contribution >= 4 is 5.97 Å². The molecule has 1 unspecified atom stereocenters. The normalized spacial score (nSPS) is 14.6. The van der Waals surface area contributed by atoms with Gasteiger partial charge in [0.2, 0.25) is 0 Å². The Bertz CT molecular complexity index is 266. The Hall–Kier alpha value is -1.21. The average Bonchev–Trinajstić information content (AvgIpc) is 2.10. The summed E-state index contributed by atoms with van der Waals surface area (Å²) < 4.78 is 77.0. The summed E-state index contributed by atoms with van der Waals surface area (Å²) in [6.45, 7) is 3.92. The molecule has 0 aliphatic heterocycles. The molecule has 0 bridgehead atoms. The highest BCUT2D eigenvalue weighted by Gasteiger charge is 2.56. The van der Waals surface area contributed by atoms with E-state index in [9.17, 15) is 31.1 Å². The molecule has 100 valence electrons. The predicted octanol–water partition coefficient (Wildman–Crippen LogP) is 3.24. The topological polar surface area (TPSA) is 26.3 Å². The lowest BCUT2D eigenvalue weighted by Gasteiger charge is -2.25. The lowest BCUT2D eigenvalue weighted by Crippen LogP contribution is -2.39. The summed E-state index contributed by atoms with van der Waals surface area (Å²) >= 11 is 0. The quantitative estimate of drug-likeness (QED) is 0.442. The van der Waals surface area contributed by atoms with E-state index in [-0.39, 0.29) is 0 Å². The van der Waals surface area contributed by atoms with Crippen molar-refractivity contribution in [2.24, 2.45) is 5.92 Å². The number of carbonyl (C=O) groups excluding carboxylic acids is 1. The molecule has 0 aromatic heterocycles. The average molecular weight is 264 g/mol. The lowest BCUT2D eigenvalue weighted by molar-refractivity contribution is -0.290. The van der Waals surface area contributed by atoms with E-state index in [2.05, 4.69) is 11.3 Å². The Balaban J connectivity index is 4.67. The second-order valence-electron chi connectivity index (χ2n) is 3.32. The molecule has 0 fully saturated rings. The van der Waals surface area contributed by atoms with E-state index in [1.54, 1.807) is 0 Å². The van der Waals surface area contributed by atoms with Crippen LogP contribution in [0.1, 0.15) is 13.3 Å². The Morgan fingerprint density at radius 2 is 1.65 bits per heavy atom. The summed E-state index contributed by atoms with van der Waals surface area (Å²) in [6, 6.07) is 0. The number of rotatable bonds is 4.